The lowest BCUT2D eigenvalue weighted by molar-refractivity contribution is -0.121. The number of carbonyl (C=O) groups is 1. The SMILES string of the molecule is C=C(NC(=O)C(C)N/C(N)=C(Cl)/C=C(\N)Cl)C1=CCC=C(F)C(C(C)=N/C=C\C=C/C)=N1. The maximum absolute atomic E-state index is 14.5. The topological polar surface area (TPSA) is 118 Å². The Hall–Kier alpha value is -3.10. The molecule has 1 rings (SSSR count). The van der Waals surface area contributed by atoms with Crippen molar-refractivity contribution in [2.24, 2.45) is 21.5 Å². The third-order valence-electron chi connectivity index (χ3n) is 3.94. The molecule has 0 saturated carbocycles. The van der Waals surface area contributed by atoms with Crippen LogP contribution in [0.4, 0.5) is 4.39 Å². The van der Waals surface area contributed by atoms with Crippen LogP contribution in [0.25, 0.3) is 0 Å². The van der Waals surface area contributed by atoms with E-state index < -0.39 is 17.8 Å². The van der Waals surface area contributed by atoms with Crippen LogP contribution in [0.3, 0.4) is 0 Å². The molecule has 0 saturated heterocycles. The van der Waals surface area contributed by atoms with Gasteiger partial charge in [-0.05, 0) is 45.4 Å². The maximum atomic E-state index is 14.5. The van der Waals surface area contributed by atoms with E-state index in [-0.39, 0.29) is 33.8 Å². The van der Waals surface area contributed by atoms with Crippen LogP contribution < -0.4 is 22.1 Å². The zero-order chi connectivity index (χ0) is 24.3. The Balaban J connectivity index is 2.97. The van der Waals surface area contributed by atoms with E-state index in [1.54, 1.807) is 38.3 Å². The molecule has 0 aromatic carbocycles. The highest BCUT2D eigenvalue weighted by molar-refractivity contribution is 6.47. The van der Waals surface area contributed by atoms with E-state index in [1.807, 2.05) is 13.0 Å². The Morgan fingerprint density at radius 1 is 1.34 bits per heavy atom. The van der Waals surface area contributed by atoms with Crippen LogP contribution in [0.2, 0.25) is 0 Å². The van der Waals surface area contributed by atoms with E-state index in [4.69, 9.17) is 34.7 Å². The zero-order valence-corrected chi connectivity index (χ0v) is 19.6. The molecule has 7 nitrogen and oxygen atoms in total. The van der Waals surface area contributed by atoms with Crippen LogP contribution in [-0.4, -0.2) is 23.4 Å². The minimum Gasteiger partial charge on any atom is -0.389 e. The summed E-state index contributed by atoms with van der Waals surface area (Å²) in [6.07, 6.45) is 11.4. The van der Waals surface area contributed by atoms with Gasteiger partial charge in [0.05, 0.1) is 22.1 Å². The fourth-order valence-corrected chi connectivity index (χ4v) is 2.64. The zero-order valence-electron chi connectivity index (χ0n) is 18.1. The lowest BCUT2D eigenvalue weighted by Crippen LogP contribution is -2.43. The third kappa shape index (κ3) is 8.95. The van der Waals surface area contributed by atoms with Crippen LogP contribution >= 0.6 is 23.2 Å². The normalized spacial score (nSPS) is 17.2. The molecule has 1 heterocycles. The summed E-state index contributed by atoms with van der Waals surface area (Å²) in [7, 11) is 0. The fraction of sp³-hybridized carbons (Fsp3) is 0.227. The molecule has 0 radical (unpaired) electrons. The highest BCUT2D eigenvalue weighted by Crippen LogP contribution is 2.18. The van der Waals surface area contributed by atoms with Crippen LogP contribution in [0.1, 0.15) is 27.2 Å². The van der Waals surface area contributed by atoms with Gasteiger partial charge in [0.25, 0.3) is 0 Å². The summed E-state index contributed by atoms with van der Waals surface area (Å²) in [6.45, 7) is 8.93. The summed E-state index contributed by atoms with van der Waals surface area (Å²) in [5, 5.41) is 5.35. The minimum atomic E-state index is -0.782. The van der Waals surface area contributed by atoms with Crippen molar-refractivity contribution in [2.45, 2.75) is 33.2 Å². The monoisotopic (exact) mass is 480 g/mol. The van der Waals surface area contributed by atoms with E-state index in [0.717, 1.165) is 0 Å². The molecule has 0 aromatic rings. The average Bonchev–Trinajstić information content (AvgIpc) is 2.92. The first kappa shape index (κ1) is 26.9. The van der Waals surface area contributed by atoms with Crippen LogP contribution in [0, 0.1) is 0 Å². The molecule has 10 heteroatoms. The van der Waals surface area contributed by atoms with Gasteiger partial charge < -0.3 is 22.1 Å². The Morgan fingerprint density at radius 2 is 2.03 bits per heavy atom. The van der Waals surface area contributed by atoms with Crippen molar-refractivity contribution >= 4 is 40.5 Å². The molecule has 172 valence electrons. The van der Waals surface area contributed by atoms with Crippen LogP contribution in [-0.2, 0) is 4.79 Å². The number of amides is 1. The molecule has 1 atom stereocenters. The molecule has 1 aliphatic heterocycles. The molecule has 0 fully saturated rings. The number of nitrogens with two attached hydrogens (primary N) is 2. The molecule has 1 aliphatic rings. The smallest absolute Gasteiger partial charge is 0.246 e. The Morgan fingerprint density at radius 3 is 2.66 bits per heavy atom. The first-order valence-electron chi connectivity index (χ1n) is 9.58. The van der Waals surface area contributed by atoms with Crippen molar-refractivity contribution < 1.29 is 9.18 Å². The Kier molecular flexibility index (Phi) is 11.2. The first-order valence-corrected chi connectivity index (χ1v) is 10.3. The number of hydrogen-bond donors (Lipinski definition) is 4. The standard InChI is InChI=1S/C22H27Cl2FN6O/c1-5-6-7-11-28-14(3)20-17(25)9-8-10-18(31-20)13(2)30-22(32)15(4)29-21(27)16(23)12-19(24)26/h5-7,9-12,15,29H,2,8,26-27H2,1,3-4H3,(H,30,32)/b6-5-,11-7-,19-12-,21-16-,28-14?. The number of nitrogens with one attached hydrogen (secondary N) is 2. The Labute approximate surface area is 197 Å². The third-order valence-corrected chi connectivity index (χ3v) is 4.36. The van der Waals surface area contributed by atoms with Gasteiger partial charge in [-0.25, -0.2) is 9.38 Å². The molecular weight excluding hydrogens is 454 g/mol. The van der Waals surface area contributed by atoms with E-state index in [1.165, 1.54) is 12.2 Å². The second-order valence-electron chi connectivity index (χ2n) is 6.54. The summed E-state index contributed by atoms with van der Waals surface area (Å²) in [5.74, 6) is -0.952. The maximum Gasteiger partial charge on any atom is 0.246 e. The molecule has 6 N–H and O–H groups in total. The van der Waals surface area contributed by atoms with E-state index in [2.05, 4.69) is 27.2 Å². The molecule has 0 aliphatic carbocycles. The summed E-state index contributed by atoms with van der Waals surface area (Å²) in [6, 6.07) is -0.782. The predicted molar refractivity (Wildman–Crippen MR) is 131 cm³/mol. The number of allylic oxidation sites excluding steroid dienone is 8. The summed E-state index contributed by atoms with van der Waals surface area (Å²) in [5.41, 5.74) is 12.1. The second kappa shape index (κ2) is 13.3. The van der Waals surface area contributed by atoms with Gasteiger partial charge in [0, 0.05) is 6.20 Å². The summed E-state index contributed by atoms with van der Waals surface area (Å²) < 4.78 is 14.5. The lowest BCUT2D eigenvalue weighted by Gasteiger charge is -2.17. The predicted octanol–water partition coefficient (Wildman–Crippen LogP) is 4.13. The van der Waals surface area contributed by atoms with Gasteiger partial charge in [-0.3, -0.25) is 9.79 Å². The molecular formula is C22H27Cl2FN6O. The highest BCUT2D eigenvalue weighted by Gasteiger charge is 2.19. The second-order valence-corrected chi connectivity index (χ2v) is 7.39. The van der Waals surface area contributed by atoms with Gasteiger partial charge in [0.1, 0.15) is 28.6 Å². The van der Waals surface area contributed by atoms with Gasteiger partial charge in [-0.15, -0.1) is 0 Å². The van der Waals surface area contributed by atoms with Crippen molar-refractivity contribution in [1.82, 2.24) is 10.6 Å². The van der Waals surface area contributed by atoms with Crippen molar-refractivity contribution in [3.63, 3.8) is 0 Å². The number of halogens is 3. The largest absolute Gasteiger partial charge is 0.389 e. The summed E-state index contributed by atoms with van der Waals surface area (Å²) >= 11 is 11.5. The van der Waals surface area contributed by atoms with E-state index >= 15 is 0 Å². The fourth-order valence-electron chi connectivity index (χ4n) is 2.30. The van der Waals surface area contributed by atoms with Crippen molar-refractivity contribution in [3.8, 4) is 0 Å². The first-order chi connectivity index (χ1) is 15.1. The van der Waals surface area contributed by atoms with Crippen LogP contribution in [0.5, 0.6) is 0 Å². The highest BCUT2D eigenvalue weighted by atomic mass is 35.5. The molecule has 0 bridgehead atoms. The number of aliphatic imine (C=N–C) groups is 2. The molecule has 1 unspecified atom stereocenters. The number of hydrogen-bond acceptors (Lipinski definition) is 6. The van der Waals surface area contributed by atoms with Crippen molar-refractivity contribution in [2.75, 3.05) is 0 Å². The molecule has 32 heavy (non-hydrogen) atoms. The summed E-state index contributed by atoms with van der Waals surface area (Å²) in [4.78, 5) is 21.0. The number of nitrogens with zero attached hydrogens (tertiary/aromatic N) is 2. The van der Waals surface area contributed by atoms with E-state index in [0.29, 0.717) is 11.4 Å². The Bertz CT molecular complexity index is 982. The molecule has 0 spiro atoms. The number of rotatable bonds is 9. The van der Waals surface area contributed by atoms with Crippen molar-refractivity contribution in [1.29, 1.82) is 0 Å². The molecule has 0 aromatic heterocycles. The van der Waals surface area contributed by atoms with Gasteiger partial charge in [-0.1, -0.05) is 48.0 Å². The number of carbonyl (C=O) groups excluding carboxylic acids is 1. The molecule has 1 amide bonds. The average molecular weight is 481 g/mol. The van der Waals surface area contributed by atoms with E-state index in [9.17, 15) is 9.18 Å². The minimum absolute atomic E-state index is 0.0154. The lowest BCUT2D eigenvalue weighted by atomic mass is 10.2. The van der Waals surface area contributed by atoms with Gasteiger partial charge in [0.15, 0.2) is 0 Å². The van der Waals surface area contributed by atoms with Gasteiger partial charge >= 0.3 is 0 Å². The van der Waals surface area contributed by atoms with Crippen molar-refractivity contribution in [3.05, 3.63) is 82.5 Å². The van der Waals surface area contributed by atoms with Crippen LogP contribution in [0.15, 0.2) is 92.5 Å². The van der Waals surface area contributed by atoms with Gasteiger partial charge in [0.2, 0.25) is 5.91 Å². The quantitative estimate of drug-likeness (QED) is 0.225. The van der Waals surface area contributed by atoms with Gasteiger partial charge in [-0.2, -0.15) is 0 Å².